The standard InChI is InChI=1S/C22H18N2O4/c25-20(26)14-28-17-12-10-15(11-13-17)21-23-19-9-5-4-8-18(19)22(27)24(21)16-6-2-1-3-7-16/h1-13,21,23H,14H2,(H,25,26)/p-1/t21-/m1/s1. The summed E-state index contributed by atoms with van der Waals surface area (Å²) in [7, 11) is 0. The third-order valence-corrected chi connectivity index (χ3v) is 4.51. The lowest BCUT2D eigenvalue weighted by Crippen LogP contribution is -2.43. The Hall–Kier alpha value is -3.80. The number of amides is 1. The van der Waals surface area contributed by atoms with E-state index in [4.69, 9.17) is 4.74 Å². The molecule has 1 atom stereocenters. The van der Waals surface area contributed by atoms with E-state index in [9.17, 15) is 14.7 Å². The second-order valence-corrected chi connectivity index (χ2v) is 6.33. The number of nitrogens with zero attached hydrogens (tertiary/aromatic N) is 1. The largest absolute Gasteiger partial charge is 0.546 e. The van der Waals surface area contributed by atoms with E-state index in [2.05, 4.69) is 5.32 Å². The zero-order chi connectivity index (χ0) is 19.5. The van der Waals surface area contributed by atoms with Crippen molar-refractivity contribution >= 4 is 23.3 Å². The predicted octanol–water partition coefficient (Wildman–Crippen LogP) is 2.59. The zero-order valence-electron chi connectivity index (χ0n) is 14.9. The zero-order valence-corrected chi connectivity index (χ0v) is 14.9. The van der Waals surface area contributed by atoms with Gasteiger partial charge in [0.15, 0.2) is 0 Å². The summed E-state index contributed by atoms with van der Waals surface area (Å²) >= 11 is 0. The lowest BCUT2D eigenvalue weighted by molar-refractivity contribution is -0.307. The normalized spacial score (nSPS) is 15.5. The van der Waals surface area contributed by atoms with Crippen molar-refractivity contribution in [3.63, 3.8) is 0 Å². The first-order valence-electron chi connectivity index (χ1n) is 8.80. The number of carboxylic acids is 1. The van der Waals surface area contributed by atoms with Crippen LogP contribution in [0.15, 0.2) is 78.9 Å². The molecule has 1 N–H and O–H groups in total. The molecule has 0 saturated carbocycles. The second-order valence-electron chi connectivity index (χ2n) is 6.33. The van der Waals surface area contributed by atoms with Gasteiger partial charge in [0.2, 0.25) is 0 Å². The number of ether oxygens (including phenoxy) is 1. The lowest BCUT2D eigenvalue weighted by Gasteiger charge is -2.38. The molecule has 0 saturated heterocycles. The molecular weight excluding hydrogens is 356 g/mol. The van der Waals surface area contributed by atoms with Crippen LogP contribution in [0.3, 0.4) is 0 Å². The average molecular weight is 373 g/mol. The Morgan fingerprint density at radius 2 is 1.64 bits per heavy atom. The highest BCUT2D eigenvalue weighted by Crippen LogP contribution is 2.36. The summed E-state index contributed by atoms with van der Waals surface area (Å²) in [6.07, 6.45) is -0.417. The Balaban J connectivity index is 1.71. The van der Waals surface area contributed by atoms with Gasteiger partial charge in [-0.05, 0) is 42.0 Å². The quantitative estimate of drug-likeness (QED) is 0.743. The fraction of sp³-hybridized carbons (Fsp3) is 0.0909. The van der Waals surface area contributed by atoms with Crippen molar-refractivity contribution in [1.29, 1.82) is 0 Å². The van der Waals surface area contributed by atoms with Crippen LogP contribution in [-0.4, -0.2) is 18.5 Å². The number of carbonyl (C=O) groups excluding carboxylic acids is 2. The molecule has 1 aliphatic heterocycles. The number of para-hydroxylation sites is 2. The molecule has 1 amide bonds. The van der Waals surface area contributed by atoms with Crippen LogP contribution in [0.5, 0.6) is 5.75 Å². The lowest BCUT2D eigenvalue weighted by atomic mass is 10.0. The predicted molar refractivity (Wildman–Crippen MR) is 103 cm³/mol. The fourth-order valence-electron chi connectivity index (χ4n) is 3.23. The van der Waals surface area contributed by atoms with E-state index < -0.39 is 18.7 Å². The van der Waals surface area contributed by atoms with Crippen LogP contribution >= 0.6 is 0 Å². The van der Waals surface area contributed by atoms with Crippen LogP contribution in [0.4, 0.5) is 11.4 Å². The van der Waals surface area contributed by atoms with Crippen molar-refractivity contribution in [2.45, 2.75) is 6.17 Å². The van der Waals surface area contributed by atoms with E-state index in [1.54, 1.807) is 35.2 Å². The molecule has 1 aliphatic rings. The molecule has 6 nitrogen and oxygen atoms in total. The SMILES string of the molecule is O=C([O-])COc1ccc([C@@H]2Nc3ccccc3C(=O)N2c2ccccc2)cc1. The molecule has 0 unspecified atom stereocenters. The number of nitrogens with one attached hydrogen (secondary N) is 1. The minimum atomic E-state index is -1.28. The summed E-state index contributed by atoms with van der Waals surface area (Å²) in [6, 6.07) is 23.8. The van der Waals surface area contributed by atoms with E-state index in [0.29, 0.717) is 11.3 Å². The van der Waals surface area contributed by atoms with Crippen molar-refractivity contribution in [3.8, 4) is 5.75 Å². The van der Waals surface area contributed by atoms with E-state index in [1.807, 2.05) is 48.5 Å². The van der Waals surface area contributed by atoms with Gasteiger partial charge in [0.25, 0.3) is 5.91 Å². The molecule has 3 aromatic rings. The first kappa shape index (κ1) is 17.6. The molecule has 3 aromatic carbocycles. The topological polar surface area (TPSA) is 81.7 Å². The van der Waals surface area contributed by atoms with Gasteiger partial charge in [0.05, 0.1) is 11.5 Å². The van der Waals surface area contributed by atoms with Crippen LogP contribution in [0.25, 0.3) is 0 Å². The van der Waals surface area contributed by atoms with Crippen molar-refractivity contribution in [3.05, 3.63) is 90.0 Å². The first-order valence-corrected chi connectivity index (χ1v) is 8.80. The third kappa shape index (κ3) is 3.40. The molecular formula is C22H17N2O4-. The molecule has 0 fully saturated rings. The molecule has 0 aliphatic carbocycles. The minimum Gasteiger partial charge on any atom is -0.546 e. The van der Waals surface area contributed by atoms with Gasteiger partial charge in [-0.25, -0.2) is 0 Å². The molecule has 6 heteroatoms. The number of carboxylic acid groups (broad SMARTS) is 1. The number of benzene rings is 3. The van der Waals surface area contributed by atoms with Crippen LogP contribution in [-0.2, 0) is 4.79 Å². The number of fused-ring (bicyclic) bond motifs is 1. The summed E-state index contributed by atoms with van der Waals surface area (Å²) in [4.78, 5) is 25.5. The van der Waals surface area contributed by atoms with Gasteiger partial charge >= 0.3 is 0 Å². The Kier molecular flexibility index (Phi) is 4.68. The van der Waals surface area contributed by atoms with E-state index in [0.717, 1.165) is 16.9 Å². The van der Waals surface area contributed by atoms with Crippen LogP contribution in [0.1, 0.15) is 22.1 Å². The minimum absolute atomic E-state index is 0.0946. The fourth-order valence-corrected chi connectivity index (χ4v) is 3.23. The number of hydrogen-bond donors (Lipinski definition) is 1. The summed E-state index contributed by atoms with van der Waals surface area (Å²) in [5.41, 5.74) is 2.99. The molecule has 0 aromatic heterocycles. The summed E-state index contributed by atoms with van der Waals surface area (Å²) in [5, 5.41) is 14.0. The number of anilines is 2. The molecule has 140 valence electrons. The Labute approximate surface area is 162 Å². The number of hydrogen-bond acceptors (Lipinski definition) is 5. The van der Waals surface area contributed by atoms with Crippen LogP contribution in [0, 0.1) is 0 Å². The van der Waals surface area contributed by atoms with E-state index in [-0.39, 0.29) is 5.91 Å². The Bertz CT molecular complexity index is 1000. The summed E-state index contributed by atoms with van der Waals surface area (Å²) in [5.74, 6) is -0.958. The van der Waals surface area contributed by atoms with Crippen molar-refractivity contribution in [2.75, 3.05) is 16.8 Å². The highest BCUT2D eigenvalue weighted by Gasteiger charge is 2.33. The van der Waals surface area contributed by atoms with Crippen molar-refractivity contribution < 1.29 is 19.4 Å². The average Bonchev–Trinajstić information content (AvgIpc) is 2.73. The maximum absolute atomic E-state index is 13.2. The summed E-state index contributed by atoms with van der Waals surface area (Å²) < 4.78 is 5.14. The van der Waals surface area contributed by atoms with Gasteiger partial charge in [0, 0.05) is 11.4 Å². The Morgan fingerprint density at radius 1 is 0.964 bits per heavy atom. The molecule has 0 bridgehead atoms. The smallest absolute Gasteiger partial charge is 0.262 e. The van der Waals surface area contributed by atoms with Gasteiger partial charge in [-0.15, -0.1) is 0 Å². The third-order valence-electron chi connectivity index (χ3n) is 4.51. The van der Waals surface area contributed by atoms with Crippen molar-refractivity contribution in [2.24, 2.45) is 0 Å². The summed E-state index contributed by atoms with van der Waals surface area (Å²) in [6.45, 7) is -0.511. The van der Waals surface area contributed by atoms with E-state index in [1.165, 1.54) is 0 Å². The second kappa shape index (κ2) is 7.44. The highest BCUT2D eigenvalue weighted by molar-refractivity contribution is 6.12. The van der Waals surface area contributed by atoms with Gasteiger partial charge in [-0.2, -0.15) is 0 Å². The monoisotopic (exact) mass is 373 g/mol. The highest BCUT2D eigenvalue weighted by atomic mass is 16.5. The Morgan fingerprint density at radius 3 is 2.36 bits per heavy atom. The number of rotatable bonds is 5. The molecule has 0 radical (unpaired) electrons. The molecule has 4 rings (SSSR count). The van der Waals surface area contributed by atoms with Crippen molar-refractivity contribution in [1.82, 2.24) is 0 Å². The van der Waals surface area contributed by atoms with Gasteiger partial charge in [-0.3, -0.25) is 9.69 Å². The molecule has 0 spiro atoms. The number of aliphatic carboxylic acids is 1. The van der Waals surface area contributed by atoms with Crippen LogP contribution in [0.2, 0.25) is 0 Å². The van der Waals surface area contributed by atoms with E-state index >= 15 is 0 Å². The van der Waals surface area contributed by atoms with Gasteiger partial charge in [-0.1, -0.05) is 42.5 Å². The maximum atomic E-state index is 13.2. The van der Waals surface area contributed by atoms with Gasteiger partial charge in [0.1, 0.15) is 18.5 Å². The van der Waals surface area contributed by atoms with Crippen LogP contribution < -0.4 is 20.1 Å². The van der Waals surface area contributed by atoms with Gasteiger partial charge < -0.3 is 20.0 Å². The maximum Gasteiger partial charge on any atom is 0.262 e. The number of carbonyl (C=O) groups is 2. The molecule has 28 heavy (non-hydrogen) atoms. The first-order chi connectivity index (χ1) is 13.6. The molecule has 1 heterocycles.